The number of carbonyl (C=O) groups is 2. The van der Waals surface area contributed by atoms with E-state index in [9.17, 15) is 44.7 Å². The van der Waals surface area contributed by atoms with Gasteiger partial charge in [-0.1, -0.05) is 0 Å². The van der Waals surface area contributed by atoms with Crippen molar-refractivity contribution in [2.75, 3.05) is 19.6 Å². The smallest absolute Gasteiger partial charge is 0.426 e. The van der Waals surface area contributed by atoms with E-state index < -0.39 is 47.7 Å². The molecule has 15 heteroatoms. The quantitative estimate of drug-likeness (QED) is 0.605. The third kappa shape index (κ3) is 4.95. The van der Waals surface area contributed by atoms with E-state index in [4.69, 9.17) is 0 Å². The molecule has 3 rings (SSSR count). The summed E-state index contributed by atoms with van der Waals surface area (Å²) in [5, 5.41) is 0. The number of rotatable bonds is 3. The molecule has 0 atom stereocenters. The fourth-order valence-corrected chi connectivity index (χ4v) is 4.10. The van der Waals surface area contributed by atoms with Crippen molar-refractivity contribution in [1.29, 1.82) is 0 Å². The summed E-state index contributed by atoms with van der Waals surface area (Å²) in [5.41, 5.74) is -1.13. The topological polar surface area (TPSA) is 75.6 Å². The highest BCUT2D eigenvalue weighted by Crippen LogP contribution is 2.42. The van der Waals surface area contributed by atoms with E-state index >= 15 is 0 Å². The Morgan fingerprint density at radius 1 is 0.909 bits per heavy atom. The van der Waals surface area contributed by atoms with Gasteiger partial charge < -0.3 is 14.5 Å². The molecular weight excluding hydrogens is 472 g/mol. The molecule has 1 spiro atoms. The first-order valence-corrected chi connectivity index (χ1v) is 9.75. The Balaban J connectivity index is 1.69. The molecule has 2 fully saturated rings. The molecule has 184 valence electrons. The third-order valence-electron chi connectivity index (χ3n) is 5.72. The Hall–Kier alpha value is -2.74. The van der Waals surface area contributed by atoms with Gasteiger partial charge in [0.05, 0.1) is 0 Å². The Morgan fingerprint density at radius 2 is 1.45 bits per heavy atom. The lowest BCUT2D eigenvalue weighted by molar-refractivity contribution is -0.308. The highest BCUT2D eigenvalue weighted by atomic mass is 19.4. The molecule has 0 saturated carbocycles. The maximum Gasteiger partial charge on any atom is 0.434 e. The van der Waals surface area contributed by atoms with Crippen molar-refractivity contribution in [1.82, 2.24) is 19.8 Å². The molecule has 0 aliphatic carbocycles. The number of hydrogen-bond acceptors (Lipinski definition) is 5. The van der Waals surface area contributed by atoms with Crippen LogP contribution in [0.2, 0.25) is 0 Å². The van der Waals surface area contributed by atoms with Gasteiger partial charge in [0.15, 0.2) is 0 Å². The normalized spacial score (nSPS) is 19.3. The van der Waals surface area contributed by atoms with Crippen molar-refractivity contribution in [2.45, 2.75) is 55.6 Å². The molecule has 7 nitrogen and oxygen atoms in total. The number of hydrogen-bond donors (Lipinski definition) is 0. The monoisotopic (exact) mass is 490 g/mol. The van der Waals surface area contributed by atoms with Gasteiger partial charge in [0, 0.05) is 37.6 Å². The fraction of sp³-hybridized carbons (Fsp3) is 0.667. The van der Waals surface area contributed by atoms with Crippen LogP contribution in [-0.2, 0) is 15.5 Å². The molecule has 2 saturated heterocycles. The number of ether oxygens (including phenoxy) is 1. The van der Waals surface area contributed by atoms with Gasteiger partial charge in [0.2, 0.25) is 5.82 Å². The zero-order valence-electron chi connectivity index (χ0n) is 16.8. The second-order valence-electron chi connectivity index (χ2n) is 7.77. The number of likely N-dealkylation sites (tertiary alicyclic amines) is 2. The molecule has 2 aliphatic rings. The zero-order valence-corrected chi connectivity index (χ0v) is 16.8. The van der Waals surface area contributed by atoms with E-state index in [1.54, 1.807) is 0 Å². The minimum atomic E-state index is -5.86. The van der Waals surface area contributed by atoms with Gasteiger partial charge in [-0.2, -0.15) is 35.1 Å². The van der Waals surface area contributed by atoms with Crippen molar-refractivity contribution < 1.29 is 49.4 Å². The predicted octanol–water partition coefficient (Wildman–Crippen LogP) is 3.66. The van der Waals surface area contributed by atoms with Crippen LogP contribution in [0.4, 0.5) is 39.9 Å². The molecule has 0 radical (unpaired) electrons. The van der Waals surface area contributed by atoms with Crippen LogP contribution in [-0.4, -0.2) is 75.4 Å². The van der Waals surface area contributed by atoms with Crippen molar-refractivity contribution >= 4 is 12.0 Å². The number of nitrogens with zero attached hydrogens (tertiary/aromatic N) is 4. The summed E-state index contributed by atoms with van der Waals surface area (Å²) in [6.07, 6.45) is -15.4. The van der Waals surface area contributed by atoms with Crippen molar-refractivity contribution in [2.24, 2.45) is 0 Å². The molecule has 0 bridgehead atoms. The minimum absolute atomic E-state index is 0.0318. The van der Waals surface area contributed by atoms with Gasteiger partial charge in [-0.15, -0.1) is 0 Å². The summed E-state index contributed by atoms with van der Waals surface area (Å²) < 4.78 is 109. The van der Waals surface area contributed by atoms with Crippen LogP contribution >= 0.6 is 0 Å². The van der Waals surface area contributed by atoms with Gasteiger partial charge in [-0.25, -0.2) is 14.8 Å². The van der Waals surface area contributed by atoms with Crippen LogP contribution in [0.25, 0.3) is 0 Å². The van der Waals surface area contributed by atoms with E-state index in [1.807, 2.05) is 0 Å². The molecule has 33 heavy (non-hydrogen) atoms. The Labute approximate surface area is 181 Å². The average Bonchev–Trinajstić information content (AvgIpc) is 3.13. The fourth-order valence-electron chi connectivity index (χ4n) is 4.10. The van der Waals surface area contributed by atoms with E-state index in [1.165, 1.54) is 6.07 Å². The first-order chi connectivity index (χ1) is 15.2. The van der Waals surface area contributed by atoms with Gasteiger partial charge in [-0.05, 0) is 31.7 Å². The van der Waals surface area contributed by atoms with Crippen molar-refractivity contribution in [3.63, 3.8) is 0 Å². The maximum absolute atomic E-state index is 14.7. The lowest BCUT2D eigenvalue weighted by Crippen LogP contribution is -2.58. The second kappa shape index (κ2) is 8.56. The van der Waals surface area contributed by atoms with Crippen molar-refractivity contribution in [3.8, 4) is 0 Å². The second-order valence-corrected chi connectivity index (χ2v) is 7.77. The van der Waals surface area contributed by atoms with Crippen LogP contribution in [0.15, 0.2) is 18.5 Å². The standard InChI is InChI=1S/C18H18F8N4O3/c19-16(20,12-27-6-2-7-28-12)13(31)30-8-1-3-15(30)4-9-29(10-5-15)14(32)33-11(17(21,22)23)18(24,25)26/h2,6-7,11H,1,3-5,8-10H2. The highest BCUT2D eigenvalue weighted by molar-refractivity contribution is 5.85. The number of halogens is 8. The Bertz CT molecular complexity index is 856. The Morgan fingerprint density at radius 3 is 1.97 bits per heavy atom. The van der Waals surface area contributed by atoms with E-state index in [2.05, 4.69) is 14.7 Å². The lowest BCUT2D eigenvalue weighted by atomic mass is 9.84. The average molecular weight is 490 g/mol. The van der Waals surface area contributed by atoms with E-state index in [0.29, 0.717) is 11.3 Å². The number of alkyl halides is 8. The summed E-state index contributed by atoms with van der Waals surface area (Å²) >= 11 is 0. The SMILES string of the molecule is O=C(OC(C(F)(F)F)C(F)(F)F)N1CCC2(CCCN2C(=O)C(F)(F)c2ncccn2)CC1. The summed E-state index contributed by atoms with van der Waals surface area (Å²) in [7, 11) is 0. The zero-order chi connectivity index (χ0) is 24.7. The molecule has 0 aromatic carbocycles. The number of amides is 2. The van der Waals surface area contributed by atoms with Gasteiger partial charge in [-0.3, -0.25) is 4.79 Å². The summed E-state index contributed by atoms with van der Waals surface area (Å²) in [6, 6.07) is 1.29. The molecular formula is C18H18F8N4O3. The first kappa shape index (κ1) is 24.9. The number of aromatic nitrogens is 2. The summed E-state index contributed by atoms with van der Waals surface area (Å²) in [5.74, 6) is -6.60. The van der Waals surface area contributed by atoms with Gasteiger partial charge in [0.25, 0.3) is 6.10 Å². The van der Waals surface area contributed by atoms with Gasteiger partial charge in [0.1, 0.15) is 0 Å². The Kier molecular flexibility index (Phi) is 6.45. The summed E-state index contributed by atoms with van der Waals surface area (Å²) in [6.45, 7) is -0.785. The number of piperidine rings is 1. The van der Waals surface area contributed by atoms with Crippen LogP contribution in [0.1, 0.15) is 31.5 Å². The number of carbonyl (C=O) groups excluding carboxylic acids is 2. The lowest BCUT2D eigenvalue weighted by Gasteiger charge is -2.45. The third-order valence-corrected chi connectivity index (χ3v) is 5.72. The molecule has 1 aromatic rings. The maximum atomic E-state index is 14.7. The molecule has 0 unspecified atom stereocenters. The van der Waals surface area contributed by atoms with E-state index in [0.717, 1.165) is 17.3 Å². The van der Waals surface area contributed by atoms with Crippen molar-refractivity contribution in [3.05, 3.63) is 24.3 Å². The van der Waals surface area contributed by atoms with Gasteiger partial charge >= 0.3 is 30.3 Å². The largest absolute Gasteiger partial charge is 0.434 e. The molecule has 3 heterocycles. The minimum Gasteiger partial charge on any atom is -0.426 e. The van der Waals surface area contributed by atoms with Crippen LogP contribution in [0.3, 0.4) is 0 Å². The highest BCUT2D eigenvalue weighted by Gasteiger charge is 2.60. The predicted molar refractivity (Wildman–Crippen MR) is 92.8 cm³/mol. The van der Waals surface area contributed by atoms with Crippen LogP contribution < -0.4 is 0 Å². The molecule has 0 N–H and O–H groups in total. The molecule has 2 aliphatic heterocycles. The first-order valence-electron chi connectivity index (χ1n) is 9.75. The van der Waals surface area contributed by atoms with E-state index in [-0.39, 0.29) is 38.9 Å². The van der Waals surface area contributed by atoms with Crippen LogP contribution in [0.5, 0.6) is 0 Å². The summed E-state index contributed by atoms with van der Waals surface area (Å²) in [4.78, 5) is 33.0. The molecule has 1 aromatic heterocycles. The molecule has 2 amide bonds. The van der Waals surface area contributed by atoms with Crippen LogP contribution in [0, 0.1) is 0 Å².